The lowest BCUT2D eigenvalue weighted by Crippen LogP contribution is -2.44. The van der Waals surface area contributed by atoms with Crippen LogP contribution in [0.1, 0.15) is 18.4 Å². The number of rotatable bonds is 6. The summed E-state index contributed by atoms with van der Waals surface area (Å²) in [5.74, 6) is -1.67. The van der Waals surface area contributed by atoms with E-state index in [-0.39, 0.29) is 17.7 Å². The molecule has 1 aliphatic heterocycles. The second-order valence-corrected chi connectivity index (χ2v) is 8.09. The molecule has 0 aromatic heterocycles. The number of benzene rings is 2. The van der Waals surface area contributed by atoms with Crippen LogP contribution >= 0.6 is 23.4 Å². The third kappa shape index (κ3) is 6.19. The third-order valence-corrected chi connectivity index (χ3v) is 5.78. The Balaban J connectivity index is 1.38. The Bertz CT molecular complexity index is 780. The van der Waals surface area contributed by atoms with Gasteiger partial charge in [-0.2, -0.15) is 0 Å². The average Bonchev–Trinajstić information content (AvgIpc) is 2.66. The van der Waals surface area contributed by atoms with Crippen molar-refractivity contribution in [2.45, 2.75) is 30.3 Å². The van der Waals surface area contributed by atoms with Gasteiger partial charge < -0.3 is 5.32 Å². The Morgan fingerprint density at radius 1 is 1.11 bits per heavy atom. The van der Waals surface area contributed by atoms with Gasteiger partial charge in [-0.05, 0) is 48.7 Å². The van der Waals surface area contributed by atoms with Crippen molar-refractivity contribution in [2.75, 3.05) is 18.8 Å². The van der Waals surface area contributed by atoms with Crippen LogP contribution in [-0.4, -0.2) is 35.7 Å². The van der Waals surface area contributed by atoms with Gasteiger partial charge in [-0.1, -0.05) is 23.7 Å². The molecule has 2 aromatic carbocycles. The second kappa shape index (κ2) is 9.53. The van der Waals surface area contributed by atoms with Gasteiger partial charge in [-0.3, -0.25) is 9.69 Å². The molecule has 1 heterocycles. The fourth-order valence-electron chi connectivity index (χ4n) is 3.07. The highest BCUT2D eigenvalue weighted by Crippen LogP contribution is 2.21. The number of carbonyl (C=O) groups excluding carboxylic acids is 1. The van der Waals surface area contributed by atoms with Crippen LogP contribution in [0.3, 0.4) is 0 Å². The van der Waals surface area contributed by atoms with Gasteiger partial charge in [0.2, 0.25) is 5.91 Å². The number of likely N-dealkylation sites (tertiary alicyclic amines) is 1. The second-order valence-electron chi connectivity index (χ2n) is 6.61. The smallest absolute Gasteiger partial charge is 0.230 e. The topological polar surface area (TPSA) is 32.3 Å². The number of halogens is 3. The maximum absolute atomic E-state index is 13.2. The van der Waals surface area contributed by atoms with E-state index in [9.17, 15) is 13.6 Å². The normalized spacial score (nSPS) is 15.7. The van der Waals surface area contributed by atoms with E-state index >= 15 is 0 Å². The molecule has 0 unspecified atom stereocenters. The molecule has 3 nitrogen and oxygen atoms in total. The van der Waals surface area contributed by atoms with Crippen molar-refractivity contribution >= 4 is 29.3 Å². The molecule has 1 N–H and O–H groups in total. The Hall–Kier alpha value is -1.63. The number of hydrogen-bond donors (Lipinski definition) is 1. The standard InChI is InChI=1S/C20H21ClF2N2OS/c21-15-3-1-14(2-4-15)12-25-9-7-16(8-10-25)24-20(26)13-27-17-5-6-18(22)19(23)11-17/h1-6,11,16H,7-10,12-13H2,(H,24,26). The van der Waals surface area contributed by atoms with Gasteiger partial charge in [0.05, 0.1) is 5.75 Å². The first-order valence-corrected chi connectivity index (χ1v) is 10.2. The van der Waals surface area contributed by atoms with Gasteiger partial charge in [0, 0.05) is 35.6 Å². The molecule has 144 valence electrons. The first-order valence-electron chi connectivity index (χ1n) is 8.83. The summed E-state index contributed by atoms with van der Waals surface area (Å²) in [4.78, 5) is 15.0. The Kier molecular flexibility index (Phi) is 7.10. The van der Waals surface area contributed by atoms with Crippen LogP contribution in [0.15, 0.2) is 47.4 Å². The summed E-state index contributed by atoms with van der Waals surface area (Å²) in [6.07, 6.45) is 1.80. The predicted octanol–water partition coefficient (Wildman–Crippen LogP) is 4.49. The highest BCUT2D eigenvalue weighted by atomic mass is 35.5. The molecule has 0 aliphatic carbocycles. The molecule has 1 amide bonds. The van der Waals surface area contributed by atoms with Crippen LogP contribution in [0, 0.1) is 11.6 Å². The van der Waals surface area contributed by atoms with Crippen LogP contribution in [-0.2, 0) is 11.3 Å². The van der Waals surface area contributed by atoms with Crippen molar-refractivity contribution in [1.29, 1.82) is 0 Å². The van der Waals surface area contributed by atoms with Crippen molar-refractivity contribution in [1.82, 2.24) is 10.2 Å². The first-order chi connectivity index (χ1) is 13.0. The summed E-state index contributed by atoms with van der Waals surface area (Å²) in [6, 6.07) is 11.7. The molecule has 1 fully saturated rings. The molecular formula is C20H21ClF2N2OS. The molecule has 2 aromatic rings. The first kappa shape index (κ1) is 20.1. The molecule has 27 heavy (non-hydrogen) atoms. The van der Waals surface area contributed by atoms with E-state index in [4.69, 9.17) is 11.6 Å². The van der Waals surface area contributed by atoms with E-state index in [1.165, 1.54) is 23.4 Å². The lowest BCUT2D eigenvalue weighted by atomic mass is 10.0. The fraction of sp³-hybridized carbons (Fsp3) is 0.350. The Labute approximate surface area is 167 Å². The lowest BCUT2D eigenvalue weighted by molar-refractivity contribution is -0.119. The molecule has 0 bridgehead atoms. The van der Waals surface area contributed by atoms with Crippen LogP contribution in [0.4, 0.5) is 8.78 Å². The molecule has 0 saturated carbocycles. The van der Waals surface area contributed by atoms with Gasteiger partial charge in [-0.25, -0.2) is 8.78 Å². The Morgan fingerprint density at radius 3 is 2.48 bits per heavy atom. The van der Waals surface area contributed by atoms with Gasteiger partial charge in [-0.15, -0.1) is 11.8 Å². The van der Waals surface area contributed by atoms with Crippen LogP contribution in [0.5, 0.6) is 0 Å². The molecule has 7 heteroatoms. The van der Waals surface area contributed by atoms with Crippen molar-refractivity contribution in [3.8, 4) is 0 Å². The molecule has 0 spiro atoms. The van der Waals surface area contributed by atoms with E-state index in [2.05, 4.69) is 10.2 Å². The van der Waals surface area contributed by atoms with Crippen LogP contribution in [0.25, 0.3) is 0 Å². The maximum atomic E-state index is 13.2. The fourth-order valence-corrected chi connectivity index (χ4v) is 3.93. The van der Waals surface area contributed by atoms with E-state index in [0.29, 0.717) is 4.90 Å². The van der Waals surface area contributed by atoms with Crippen LogP contribution < -0.4 is 5.32 Å². The summed E-state index contributed by atoms with van der Waals surface area (Å²) in [5.41, 5.74) is 1.23. The number of hydrogen-bond acceptors (Lipinski definition) is 3. The molecule has 0 radical (unpaired) electrons. The number of nitrogens with zero attached hydrogens (tertiary/aromatic N) is 1. The monoisotopic (exact) mass is 410 g/mol. The number of piperidine rings is 1. The zero-order chi connectivity index (χ0) is 19.2. The van der Waals surface area contributed by atoms with E-state index in [1.807, 2.05) is 24.3 Å². The zero-order valence-corrected chi connectivity index (χ0v) is 16.3. The summed E-state index contributed by atoms with van der Waals surface area (Å²) >= 11 is 7.11. The van der Waals surface area contributed by atoms with Crippen molar-refractivity contribution in [3.63, 3.8) is 0 Å². The van der Waals surface area contributed by atoms with Gasteiger partial charge in [0.15, 0.2) is 11.6 Å². The van der Waals surface area contributed by atoms with Gasteiger partial charge in [0.1, 0.15) is 0 Å². The van der Waals surface area contributed by atoms with E-state index in [1.54, 1.807) is 0 Å². The highest BCUT2D eigenvalue weighted by Gasteiger charge is 2.20. The summed E-state index contributed by atoms with van der Waals surface area (Å²) in [7, 11) is 0. The number of amides is 1. The summed E-state index contributed by atoms with van der Waals surface area (Å²) in [5, 5.41) is 3.77. The SMILES string of the molecule is O=C(CSc1ccc(F)c(F)c1)NC1CCN(Cc2ccc(Cl)cc2)CC1. The lowest BCUT2D eigenvalue weighted by Gasteiger charge is -2.32. The molecule has 0 atom stereocenters. The van der Waals surface area contributed by atoms with E-state index in [0.717, 1.165) is 49.6 Å². The largest absolute Gasteiger partial charge is 0.353 e. The minimum absolute atomic E-state index is 0.0825. The molecule has 3 rings (SSSR count). The van der Waals surface area contributed by atoms with E-state index < -0.39 is 11.6 Å². The van der Waals surface area contributed by atoms with Crippen molar-refractivity contribution in [3.05, 3.63) is 64.7 Å². The Morgan fingerprint density at radius 2 is 1.81 bits per heavy atom. The van der Waals surface area contributed by atoms with Crippen molar-refractivity contribution in [2.24, 2.45) is 0 Å². The maximum Gasteiger partial charge on any atom is 0.230 e. The minimum Gasteiger partial charge on any atom is -0.353 e. The number of carbonyl (C=O) groups is 1. The molecule has 1 saturated heterocycles. The zero-order valence-electron chi connectivity index (χ0n) is 14.8. The van der Waals surface area contributed by atoms with Crippen LogP contribution in [0.2, 0.25) is 5.02 Å². The number of nitrogens with one attached hydrogen (secondary N) is 1. The summed E-state index contributed by atoms with van der Waals surface area (Å²) < 4.78 is 26.1. The van der Waals surface area contributed by atoms with Gasteiger partial charge in [0.25, 0.3) is 0 Å². The average molecular weight is 411 g/mol. The number of thioether (sulfide) groups is 1. The van der Waals surface area contributed by atoms with Crippen molar-refractivity contribution < 1.29 is 13.6 Å². The quantitative estimate of drug-likeness (QED) is 0.712. The highest BCUT2D eigenvalue weighted by molar-refractivity contribution is 8.00. The molecular weight excluding hydrogens is 390 g/mol. The summed E-state index contributed by atoms with van der Waals surface area (Å²) in [6.45, 7) is 2.72. The minimum atomic E-state index is -0.895. The third-order valence-electron chi connectivity index (χ3n) is 4.53. The predicted molar refractivity (Wildman–Crippen MR) is 105 cm³/mol. The molecule has 1 aliphatic rings. The van der Waals surface area contributed by atoms with Gasteiger partial charge >= 0.3 is 0 Å².